The Morgan fingerprint density at radius 3 is 2.64 bits per heavy atom. The van der Waals surface area contributed by atoms with Gasteiger partial charge in [0.1, 0.15) is 18.3 Å². The molecule has 0 aromatic heterocycles. The lowest BCUT2D eigenvalue weighted by Crippen LogP contribution is -2.30. The fraction of sp³-hybridized carbons (Fsp3) is 0.391. The summed E-state index contributed by atoms with van der Waals surface area (Å²) >= 11 is 6.18. The fourth-order valence-electron chi connectivity index (χ4n) is 3.46. The molecule has 1 aliphatic rings. The summed E-state index contributed by atoms with van der Waals surface area (Å²) in [6, 6.07) is 8.72. The zero-order valence-corrected chi connectivity index (χ0v) is 18.9. The molecule has 1 aliphatic heterocycles. The van der Waals surface area contributed by atoms with Gasteiger partial charge >= 0.3 is 0 Å². The largest absolute Gasteiger partial charge is 0.488 e. The molecular formula is C23H26ClF2N3O4. The molecule has 3 N–H and O–H groups in total. The van der Waals surface area contributed by atoms with Crippen molar-refractivity contribution in [1.29, 1.82) is 5.41 Å². The molecule has 7 nitrogen and oxygen atoms in total. The van der Waals surface area contributed by atoms with Gasteiger partial charge in [0, 0.05) is 30.6 Å². The van der Waals surface area contributed by atoms with Crippen LogP contribution in [0, 0.1) is 17.0 Å². The van der Waals surface area contributed by atoms with E-state index in [0.717, 1.165) is 23.3 Å². The van der Waals surface area contributed by atoms with Crippen LogP contribution < -0.4 is 10.5 Å². The second-order valence-electron chi connectivity index (χ2n) is 7.52. The summed E-state index contributed by atoms with van der Waals surface area (Å²) in [5.41, 5.74) is 6.02. The number of benzene rings is 2. The minimum Gasteiger partial charge on any atom is -0.488 e. The van der Waals surface area contributed by atoms with Gasteiger partial charge in [-0.15, -0.1) is 0 Å². The van der Waals surface area contributed by atoms with E-state index in [9.17, 15) is 9.18 Å². The van der Waals surface area contributed by atoms with E-state index in [4.69, 9.17) is 37.1 Å². The van der Waals surface area contributed by atoms with Crippen LogP contribution in [-0.2, 0) is 20.8 Å². The number of nitrogen functional groups attached to an aromatic ring is 1. The molecule has 2 aromatic carbocycles. The Bertz CT molecular complexity index is 984. The molecule has 33 heavy (non-hydrogen) atoms. The van der Waals surface area contributed by atoms with E-state index in [0.29, 0.717) is 17.7 Å². The number of amides is 1. The van der Waals surface area contributed by atoms with Crippen LogP contribution in [0.5, 0.6) is 5.75 Å². The van der Waals surface area contributed by atoms with Crippen LogP contribution in [0.3, 0.4) is 0 Å². The van der Waals surface area contributed by atoms with Gasteiger partial charge in [0.05, 0.1) is 18.2 Å². The highest BCUT2D eigenvalue weighted by molar-refractivity contribution is 6.21. The van der Waals surface area contributed by atoms with E-state index in [2.05, 4.69) is 0 Å². The Kier molecular flexibility index (Phi) is 8.60. The van der Waals surface area contributed by atoms with Gasteiger partial charge in [-0.2, -0.15) is 0 Å². The third kappa shape index (κ3) is 6.19. The molecule has 1 amide bonds. The fourth-order valence-corrected chi connectivity index (χ4v) is 3.69. The van der Waals surface area contributed by atoms with Crippen LogP contribution in [-0.4, -0.2) is 42.1 Å². The molecule has 0 radical (unpaired) electrons. The van der Waals surface area contributed by atoms with Crippen molar-refractivity contribution in [3.8, 4) is 5.75 Å². The van der Waals surface area contributed by atoms with Gasteiger partial charge < -0.3 is 19.9 Å². The molecule has 0 spiro atoms. The topological polar surface area (TPSA) is 97.9 Å². The van der Waals surface area contributed by atoms with E-state index in [1.807, 2.05) is 0 Å². The lowest BCUT2D eigenvalue weighted by atomic mass is 10.1. The van der Waals surface area contributed by atoms with Crippen molar-refractivity contribution < 1.29 is 27.8 Å². The lowest BCUT2D eigenvalue weighted by Gasteiger charge is -2.23. The first kappa shape index (κ1) is 24.9. The Hall–Kier alpha value is -2.75. The van der Waals surface area contributed by atoms with Crippen molar-refractivity contribution in [2.24, 2.45) is 5.73 Å². The Morgan fingerprint density at radius 1 is 1.30 bits per heavy atom. The van der Waals surface area contributed by atoms with Crippen molar-refractivity contribution in [3.63, 3.8) is 0 Å². The number of nitrogens with zero attached hydrogens (tertiary/aromatic N) is 1. The van der Waals surface area contributed by atoms with Crippen LogP contribution in [0.2, 0.25) is 0 Å². The highest BCUT2D eigenvalue weighted by atomic mass is 35.5. The molecule has 1 saturated heterocycles. The van der Waals surface area contributed by atoms with E-state index >= 15 is 4.39 Å². The van der Waals surface area contributed by atoms with Gasteiger partial charge in [0.2, 0.25) is 0 Å². The summed E-state index contributed by atoms with van der Waals surface area (Å²) in [6.45, 7) is 2.31. The summed E-state index contributed by atoms with van der Waals surface area (Å²) in [6.07, 6.45) is -0.0651. The maximum absolute atomic E-state index is 15.2. The summed E-state index contributed by atoms with van der Waals surface area (Å²) in [5.74, 6) is -3.08. The maximum Gasteiger partial charge on any atom is 0.271 e. The molecule has 0 aliphatic carbocycles. The van der Waals surface area contributed by atoms with E-state index in [-0.39, 0.29) is 37.4 Å². The monoisotopic (exact) mass is 481 g/mol. The average Bonchev–Trinajstić information content (AvgIpc) is 3.31. The quantitative estimate of drug-likeness (QED) is 0.303. The number of hydrogen-bond donors (Lipinski definition) is 2. The third-order valence-corrected chi connectivity index (χ3v) is 5.47. The molecule has 0 saturated carbocycles. The first-order valence-electron chi connectivity index (χ1n) is 10.6. The molecule has 178 valence electrons. The van der Waals surface area contributed by atoms with Crippen LogP contribution in [0.1, 0.15) is 42.6 Å². The standard InChI is InChI=1S/C23H26ClF2N3O4/c1-2-31-21(23(30)29(24)12-14-5-7-15(8-6-14)22(27)28)19-17(25)9-10-18(20(19)26)33-13-16-4-3-11-32-16/h5-10,16,21H,2-4,11-13H2,1H3,(H3,27,28). The van der Waals surface area contributed by atoms with Crippen molar-refractivity contribution in [1.82, 2.24) is 4.42 Å². The summed E-state index contributed by atoms with van der Waals surface area (Å²) in [7, 11) is 0. The normalized spacial score (nSPS) is 16.4. The molecule has 2 unspecified atom stereocenters. The zero-order valence-electron chi connectivity index (χ0n) is 18.2. The predicted octanol–water partition coefficient (Wildman–Crippen LogP) is 4.07. The molecular weight excluding hydrogens is 456 g/mol. The number of halogens is 3. The summed E-state index contributed by atoms with van der Waals surface area (Å²) < 4.78 is 47.1. The minimum atomic E-state index is -1.60. The molecule has 2 aromatic rings. The molecule has 2 atom stereocenters. The summed E-state index contributed by atoms with van der Waals surface area (Å²) in [5, 5.41) is 7.43. The average molecular weight is 482 g/mol. The molecule has 3 rings (SSSR count). The van der Waals surface area contributed by atoms with Crippen LogP contribution >= 0.6 is 11.8 Å². The van der Waals surface area contributed by atoms with Gasteiger partial charge in [-0.1, -0.05) is 24.3 Å². The van der Waals surface area contributed by atoms with Crippen molar-refractivity contribution in [3.05, 3.63) is 64.7 Å². The van der Waals surface area contributed by atoms with E-state index in [1.54, 1.807) is 31.2 Å². The number of nitrogens with one attached hydrogen (secondary N) is 1. The van der Waals surface area contributed by atoms with Gasteiger partial charge in [0.15, 0.2) is 17.7 Å². The van der Waals surface area contributed by atoms with Crippen molar-refractivity contribution >= 4 is 23.5 Å². The smallest absolute Gasteiger partial charge is 0.271 e. The van der Waals surface area contributed by atoms with Gasteiger partial charge in [-0.05, 0) is 37.5 Å². The van der Waals surface area contributed by atoms with Crippen molar-refractivity contribution in [2.45, 2.75) is 38.5 Å². The molecule has 0 bridgehead atoms. The lowest BCUT2D eigenvalue weighted by molar-refractivity contribution is -0.139. The van der Waals surface area contributed by atoms with E-state index in [1.165, 1.54) is 6.07 Å². The number of rotatable bonds is 10. The highest BCUT2D eigenvalue weighted by Crippen LogP contribution is 2.32. The number of hydrogen-bond acceptors (Lipinski definition) is 5. The SMILES string of the molecule is CCOC(C(=O)N(Cl)Cc1ccc(C(=N)N)cc1)c1c(F)ccc(OCC2CCCO2)c1F. The first-order chi connectivity index (χ1) is 15.8. The molecule has 1 fully saturated rings. The van der Waals surface area contributed by atoms with Gasteiger partial charge in [-0.25, -0.2) is 13.2 Å². The van der Waals surface area contributed by atoms with Crippen LogP contribution in [0.25, 0.3) is 0 Å². The predicted molar refractivity (Wildman–Crippen MR) is 119 cm³/mol. The number of nitrogens with two attached hydrogens (primary N) is 1. The second kappa shape index (κ2) is 11.4. The van der Waals surface area contributed by atoms with E-state index < -0.39 is 29.2 Å². The maximum atomic E-state index is 15.2. The molecule has 10 heteroatoms. The Balaban J connectivity index is 1.79. The Morgan fingerprint density at radius 2 is 2.03 bits per heavy atom. The second-order valence-corrected chi connectivity index (χ2v) is 7.93. The van der Waals surface area contributed by atoms with Crippen LogP contribution in [0.15, 0.2) is 36.4 Å². The number of amidine groups is 1. The number of carbonyl (C=O) groups excluding carboxylic acids is 1. The molecule has 1 heterocycles. The zero-order chi connectivity index (χ0) is 24.0. The van der Waals surface area contributed by atoms with Gasteiger partial charge in [-0.3, -0.25) is 10.2 Å². The van der Waals surface area contributed by atoms with Crippen molar-refractivity contribution in [2.75, 3.05) is 19.8 Å². The number of carbonyl (C=O) groups is 1. The minimum absolute atomic E-state index is 0.0221. The van der Waals surface area contributed by atoms with Crippen LogP contribution in [0.4, 0.5) is 8.78 Å². The number of ether oxygens (including phenoxy) is 3. The Labute approximate surface area is 196 Å². The van der Waals surface area contributed by atoms with Gasteiger partial charge in [0.25, 0.3) is 5.91 Å². The summed E-state index contributed by atoms with van der Waals surface area (Å²) in [4.78, 5) is 13.0. The third-order valence-electron chi connectivity index (χ3n) is 5.19. The highest BCUT2D eigenvalue weighted by Gasteiger charge is 2.33. The first-order valence-corrected chi connectivity index (χ1v) is 10.9.